The minimum absolute atomic E-state index is 0.210. The summed E-state index contributed by atoms with van der Waals surface area (Å²) in [5.41, 5.74) is 2.05. The first-order valence-corrected chi connectivity index (χ1v) is 11.1. The van der Waals surface area contributed by atoms with Gasteiger partial charge in [0, 0.05) is 30.8 Å². The Morgan fingerprint density at radius 3 is 2.84 bits per heavy atom. The molecule has 1 amide bonds. The van der Waals surface area contributed by atoms with Crippen LogP contribution in [0.1, 0.15) is 37.4 Å². The van der Waals surface area contributed by atoms with E-state index in [9.17, 15) is 4.79 Å². The molecule has 0 spiro atoms. The molecule has 2 heterocycles. The van der Waals surface area contributed by atoms with Gasteiger partial charge in [-0.1, -0.05) is 48.5 Å². The number of rotatable bonds is 6. The number of hydrogen-bond acceptors (Lipinski definition) is 3. The van der Waals surface area contributed by atoms with Gasteiger partial charge in [-0.3, -0.25) is 4.79 Å². The molecule has 0 saturated carbocycles. The van der Waals surface area contributed by atoms with Gasteiger partial charge in [0.25, 0.3) is 0 Å². The molecule has 1 aliphatic heterocycles. The molecule has 5 rings (SSSR count). The zero-order chi connectivity index (χ0) is 21.0. The SMILES string of the molecule is O=C(CCCOc1cccc2ccccc12)N1CCCC(c2nc3ccccc3[nH]2)C1. The Morgan fingerprint density at radius 1 is 1.06 bits per heavy atom. The molecule has 1 saturated heterocycles. The van der Waals surface area contributed by atoms with E-state index >= 15 is 0 Å². The van der Waals surface area contributed by atoms with Gasteiger partial charge in [-0.25, -0.2) is 4.98 Å². The second kappa shape index (κ2) is 8.80. The van der Waals surface area contributed by atoms with Gasteiger partial charge < -0.3 is 14.6 Å². The van der Waals surface area contributed by atoms with E-state index in [1.807, 2.05) is 53.4 Å². The summed E-state index contributed by atoms with van der Waals surface area (Å²) >= 11 is 0. The molecule has 1 aromatic heterocycles. The largest absolute Gasteiger partial charge is 0.493 e. The fourth-order valence-corrected chi connectivity index (χ4v) is 4.48. The molecule has 0 aliphatic carbocycles. The van der Waals surface area contributed by atoms with E-state index in [0.29, 0.717) is 19.4 Å². The molecule has 1 unspecified atom stereocenters. The van der Waals surface area contributed by atoms with Gasteiger partial charge in [-0.15, -0.1) is 0 Å². The average Bonchev–Trinajstić information content (AvgIpc) is 3.26. The van der Waals surface area contributed by atoms with Crippen LogP contribution in [0.5, 0.6) is 5.75 Å². The smallest absolute Gasteiger partial charge is 0.222 e. The maximum Gasteiger partial charge on any atom is 0.222 e. The highest BCUT2D eigenvalue weighted by Crippen LogP contribution is 2.28. The lowest BCUT2D eigenvalue weighted by Gasteiger charge is -2.32. The van der Waals surface area contributed by atoms with Crippen molar-refractivity contribution in [2.45, 2.75) is 31.6 Å². The Morgan fingerprint density at radius 2 is 1.90 bits per heavy atom. The lowest BCUT2D eigenvalue weighted by molar-refractivity contribution is -0.132. The number of aromatic amines is 1. The predicted molar refractivity (Wildman–Crippen MR) is 123 cm³/mol. The summed E-state index contributed by atoms with van der Waals surface area (Å²) in [7, 11) is 0. The van der Waals surface area contributed by atoms with Crippen LogP contribution < -0.4 is 4.74 Å². The molecule has 1 atom stereocenters. The van der Waals surface area contributed by atoms with Crippen LogP contribution in [0, 0.1) is 0 Å². The maximum absolute atomic E-state index is 12.8. The molecular weight excluding hydrogens is 386 g/mol. The van der Waals surface area contributed by atoms with E-state index in [-0.39, 0.29) is 11.8 Å². The van der Waals surface area contributed by atoms with Crippen molar-refractivity contribution in [3.05, 3.63) is 72.6 Å². The van der Waals surface area contributed by atoms with Crippen LogP contribution in [-0.2, 0) is 4.79 Å². The van der Waals surface area contributed by atoms with E-state index in [1.165, 1.54) is 5.39 Å². The molecule has 1 fully saturated rings. The van der Waals surface area contributed by atoms with E-state index in [4.69, 9.17) is 9.72 Å². The van der Waals surface area contributed by atoms with E-state index in [1.54, 1.807) is 0 Å². The van der Waals surface area contributed by atoms with Crippen molar-refractivity contribution in [3.63, 3.8) is 0 Å². The number of para-hydroxylation sites is 2. The fourth-order valence-electron chi connectivity index (χ4n) is 4.48. The molecule has 0 radical (unpaired) electrons. The highest BCUT2D eigenvalue weighted by atomic mass is 16.5. The monoisotopic (exact) mass is 413 g/mol. The molecule has 158 valence electrons. The van der Waals surface area contributed by atoms with Crippen molar-refractivity contribution in [1.82, 2.24) is 14.9 Å². The van der Waals surface area contributed by atoms with Gasteiger partial charge >= 0.3 is 0 Å². The molecule has 0 bridgehead atoms. The number of benzene rings is 3. The number of H-pyrrole nitrogens is 1. The number of piperidine rings is 1. The first-order chi connectivity index (χ1) is 15.3. The summed E-state index contributed by atoms with van der Waals surface area (Å²) in [5, 5.41) is 2.28. The van der Waals surface area contributed by atoms with Crippen molar-refractivity contribution in [3.8, 4) is 5.75 Å². The second-order valence-electron chi connectivity index (χ2n) is 8.25. The number of carbonyl (C=O) groups is 1. The molecule has 5 heteroatoms. The second-order valence-corrected chi connectivity index (χ2v) is 8.25. The van der Waals surface area contributed by atoms with Crippen molar-refractivity contribution in [1.29, 1.82) is 0 Å². The van der Waals surface area contributed by atoms with E-state index in [0.717, 1.165) is 53.9 Å². The number of likely N-dealkylation sites (tertiary alicyclic amines) is 1. The minimum atomic E-state index is 0.210. The number of carbonyl (C=O) groups excluding carboxylic acids is 1. The summed E-state index contributed by atoms with van der Waals surface area (Å²) in [4.78, 5) is 23.0. The fraction of sp³-hybridized carbons (Fsp3) is 0.308. The Labute approximate surface area is 182 Å². The highest BCUT2D eigenvalue weighted by molar-refractivity contribution is 5.88. The molecule has 1 N–H and O–H groups in total. The molecule has 5 nitrogen and oxygen atoms in total. The molecular formula is C26H27N3O2. The lowest BCUT2D eigenvalue weighted by atomic mass is 9.97. The first-order valence-electron chi connectivity index (χ1n) is 11.1. The van der Waals surface area contributed by atoms with Gasteiger partial charge in [0.05, 0.1) is 17.6 Å². The van der Waals surface area contributed by atoms with Crippen molar-refractivity contribution < 1.29 is 9.53 Å². The number of fused-ring (bicyclic) bond motifs is 2. The number of hydrogen-bond donors (Lipinski definition) is 1. The molecule has 1 aliphatic rings. The number of nitrogens with zero attached hydrogens (tertiary/aromatic N) is 2. The summed E-state index contributed by atoms with van der Waals surface area (Å²) in [6, 6.07) is 22.4. The highest BCUT2D eigenvalue weighted by Gasteiger charge is 2.26. The lowest BCUT2D eigenvalue weighted by Crippen LogP contribution is -2.39. The Kier molecular flexibility index (Phi) is 5.57. The quantitative estimate of drug-likeness (QED) is 0.438. The maximum atomic E-state index is 12.8. The summed E-state index contributed by atoms with van der Waals surface area (Å²) in [6.45, 7) is 2.11. The Hall–Kier alpha value is -3.34. The van der Waals surface area contributed by atoms with E-state index < -0.39 is 0 Å². The minimum Gasteiger partial charge on any atom is -0.493 e. The zero-order valence-electron chi connectivity index (χ0n) is 17.6. The van der Waals surface area contributed by atoms with Crippen LogP contribution in [0.25, 0.3) is 21.8 Å². The third kappa shape index (κ3) is 4.26. The van der Waals surface area contributed by atoms with Crippen LogP contribution in [0.4, 0.5) is 0 Å². The van der Waals surface area contributed by atoms with Crippen molar-refractivity contribution in [2.75, 3.05) is 19.7 Å². The van der Waals surface area contributed by atoms with Crippen LogP contribution in [0.3, 0.4) is 0 Å². The normalized spacial score (nSPS) is 16.6. The standard InChI is InChI=1S/C26H27N3O2/c30-25(15-7-17-31-24-14-5-9-19-8-1-2-11-21(19)24)29-16-6-10-20(18-29)26-27-22-12-3-4-13-23(22)28-26/h1-5,8-9,11-14,20H,6-7,10,15-18H2,(H,27,28). The third-order valence-corrected chi connectivity index (χ3v) is 6.11. The van der Waals surface area contributed by atoms with Crippen LogP contribution in [-0.4, -0.2) is 40.5 Å². The van der Waals surface area contributed by atoms with Gasteiger partial charge in [0.1, 0.15) is 11.6 Å². The zero-order valence-corrected chi connectivity index (χ0v) is 17.6. The van der Waals surface area contributed by atoms with Gasteiger partial charge in [0.2, 0.25) is 5.91 Å². The number of amides is 1. The summed E-state index contributed by atoms with van der Waals surface area (Å²) in [6.07, 6.45) is 3.30. The third-order valence-electron chi connectivity index (χ3n) is 6.11. The van der Waals surface area contributed by atoms with Gasteiger partial charge in [-0.2, -0.15) is 0 Å². The first kappa shape index (κ1) is 19.6. The van der Waals surface area contributed by atoms with Crippen LogP contribution in [0.15, 0.2) is 66.7 Å². The number of aromatic nitrogens is 2. The summed E-state index contributed by atoms with van der Waals surface area (Å²) in [5.74, 6) is 2.37. The number of ether oxygens (including phenoxy) is 1. The van der Waals surface area contributed by atoms with E-state index in [2.05, 4.69) is 23.2 Å². The van der Waals surface area contributed by atoms with Gasteiger partial charge in [0.15, 0.2) is 0 Å². The summed E-state index contributed by atoms with van der Waals surface area (Å²) < 4.78 is 6.00. The van der Waals surface area contributed by atoms with Crippen LogP contribution in [0.2, 0.25) is 0 Å². The van der Waals surface area contributed by atoms with Gasteiger partial charge in [-0.05, 0) is 42.8 Å². The Bertz CT molecular complexity index is 1160. The number of nitrogens with one attached hydrogen (secondary N) is 1. The Balaban J connectivity index is 1.15. The average molecular weight is 414 g/mol. The van der Waals surface area contributed by atoms with Crippen molar-refractivity contribution in [2.24, 2.45) is 0 Å². The van der Waals surface area contributed by atoms with Crippen LogP contribution >= 0.6 is 0 Å². The molecule has 3 aromatic carbocycles. The number of imidazole rings is 1. The topological polar surface area (TPSA) is 58.2 Å². The predicted octanol–water partition coefficient (Wildman–Crippen LogP) is 5.28. The van der Waals surface area contributed by atoms with Crippen molar-refractivity contribution >= 4 is 27.7 Å². The molecule has 31 heavy (non-hydrogen) atoms. The molecule has 4 aromatic rings.